The van der Waals surface area contributed by atoms with Crippen LogP contribution in [0, 0.1) is 5.92 Å². The lowest BCUT2D eigenvalue weighted by Crippen LogP contribution is -2.37. The minimum atomic E-state index is 0. The molecule has 1 unspecified atom stereocenters. The van der Waals surface area contributed by atoms with Gasteiger partial charge in [0.2, 0.25) is 0 Å². The van der Waals surface area contributed by atoms with Gasteiger partial charge in [0.05, 0.1) is 13.2 Å². The lowest BCUT2D eigenvalue weighted by Gasteiger charge is -2.30. The van der Waals surface area contributed by atoms with Gasteiger partial charge in [-0.25, -0.2) is 0 Å². The summed E-state index contributed by atoms with van der Waals surface area (Å²) in [4.78, 5) is 7.31. The van der Waals surface area contributed by atoms with E-state index >= 15 is 0 Å². The number of anilines is 1. The van der Waals surface area contributed by atoms with Gasteiger partial charge in [-0.3, -0.25) is 9.89 Å². The molecule has 0 aromatic heterocycles. The van der Waals surface area contributed by atoms with Crippen LogP contribution in [0.15, 0.2) is 29.3 Å². The van der Waals surface area contributed by atoms with Crippen molar-refractivity contribution in [2.24, 2.45) is 16.6 Å². The van der Waals surface area contributed by atoms with Crippen molar-refractivity contribution in [2.45, 2.75) is 57.6 Å². The van der Waals surface area contributed by atoms with Gasteiger partial charge in [-0.05, 0) is 44.2 Å². The zero-order valence-corrected chi connectivity index (χ0v) is 18.9. The van der Waals surface area contributed by atoms with Crippen molar-refractivity contribution in [2.75, 3.05) is 32.1 Å². The molecule has 0 bridgehead atoms. The molecule has 1 aromatic carbocycles. The Morgan fingerprint density at radius 2 is 1.96 bits per heavy atom. The van der Waals surface area contributed by atoms with Crippen LogP contribution in [0.5, 0.6) is 0 Å². The summed E-state index contributed by atoms with van der Waals surface area (Å²) in [5.74, 6) is 1.39. The maximum Gasteiger partial charge on any atom is 0.193 e. The first-order valence-corrected chi connectivity index (χ1v) is 10.1. The normalized spacial score (nSPS) is 21.8. The standard InChI is InChI=1S/C21H34N4O.HI/c1-26-16-18-10-5-6-12-20(18)24-21(22)23-14-19-11-7-13-25(19)15-17-8-3-2-4-9-17;/h5-6,10,12,17,19H,2-4,7-9,11,13-16H2,1H3,(H3,22,23,24);1H. The van der Waals surface area contributed by atoms with E-state index in [0.717, 1.165) is 23.7 Å². The highest BCUT2D eigenvalue weighted by atomic mass is 127. The van der Waals surface area contributed by atoms with Crippen LogP contribution in [0.25, 0.3) is 0 Å². The van der Waals surface area contributed by atoms with Gasteiger partial charge in [0, 0.05) is 30.9 Å². The smallest absolute Gasteiger partial charge is 0.193 e. The Balaban J connectivity index is 0.00000261. The highest BCUT2D eigenvalue weighted by Crippen LogP contribution is 2.27. The van der Waals surface area contributed by atoms with Gasteiger partial charge in [-0.15, -0.1) is 24.0 Å². The zero-order chi connectivity index (χ0) is 18.2. The number of ether oxygens (including phenoxy) is 1. The third kappa shape index (κ3) is 6.91. The second-order valence-electron chi connectivity index (χ2n) is 7.74. The monoisotopic (exact) mass is 486 g/mol. The van der Waals surface area contributed by atoms with Gasteiger partial charge >= 0.3 is 0 Å². The van der Waals surface area contributed by atoms with Crippen molar-refractivity contribution in [3.8, 4) is 0 Å². The van der Waals surface area contributed by atoms with E-state index in [0.29, 0.717) is 18.6 Å². The molecule has 152 valence electrons. The van der Waals surface area contributed by atoms with Gasteiger partial charge in [0.25, 0.3) is 0 Å². The number of hydrogen-bond acceptors (Lipinski definition) is 3. The number of likely N-dealkylation sites (tertiary alicyclic amines) is 1. The minimum Gasteiger partial charge on any atom is -0.380 e. The molecular formula is C21H35IN4O. The Morgan fingerprint density at radius 3 is 2.74 bits per heavy atom. The second kappa shape index (κ2) is 11.9. The fraction of sp³-hybridized carbons (Fsp3) is 0.667. The fourth-order valence-corrected chi connectivity index (χ4v) is 4.35. The van der Waals surface area contributed by atoms with Crippen LogP contribution in [0.2, 0.25) is 0 Å². The van der Waals surface area contributed by atoms with E-state index in [1.54, 1.807) is 7.11 Å². The first kappa shape index (κ1) is 22.4. The highest BCUT2D eigenvalue weighted by molar-refractivity contribution is 14.0. The average molecular weight is 486 g/mol. The first-order chi connectivity index (χ1) is 12.8. The Hall–Kier alpha value is -0.860. The summed E-state index contributed by atoms with van der Waals surface area (Å²) in [6, 6.07) is 8.61. The number of rotatable bonds is 7. The molecule has 5 nitrogen and oxygen atoms in total. The Bertz CT molecular complexity index is 589. The molecule has 1 saturated heterocycles. The molecule has 0 amide bonds. The molecule has 2 aliphatic rings. The van der Waals surface area contributed by atoms with Crippen LogP contribution in [0.1, 0.15) is 50.5 Å². The molecule has 1 atom stereocenters. The topological polar surface area (TPSA) is 62.9 Å². The van der Waals surface area contributed by atoms with E-state index in [4.69, 9.17) is 10.5 Å². The molecule has 2 fully saturated rings. The van der Waals surface area contributed by atoms with E-state index in [1.807, 2.05) is 24.3 Å². The quantitative estimate of drug-likeness (QED) is 0.344. The summed E-state index contributed by atoms with van der Waals surface area (Å²) in [5, 5.41) is 3.24. The lowest BCUT2D eigenvalue weighted by molar-refractivity contribution is 0.185. The van der Waals surface area contributed by atoms with Gasteiger partial charge in [-0.2, -0.15) is 0 Å². The number of hydrogen-bond donors (Lipinski definition) is 2. The van der Waals surface area contributed by atoms with Crippen LogP contribution in [0.3, 0.4) is 0 Å². The number of nitrogens with two attached hydrogens (primary N) is 1. The summed E-state index contributed by atoms with van der Waals surface area (Å²) in [6.07, 6.45) is 9.61. The van der Waals surface area contributed by atoms with Crippen LogP contribution < -0.4 is 11.1 Å². The third-order valence-electron chi connectivity index (χ3n) is 5.77. The maximum absolute atomic E-state index is 6.16. The molecule has 0 spiro atoms. The molecule has 27 heavy (non-hydrogen) atoms. The van der Waals surface area contributed by atoms with Crippen molar-refractivity contribution in [3.63, 3.8) is 0 Å². The minimum absolute atomic E-state index is 0. The van der Waals surface area contributed by atoms with E-state index in [-0.39, 0.29) is 24.0 Å². The molecule has 3 N–H and O–H groups in total. The lowest BCUT2D eigenvalue weighted by atomic mass is 9.89. The molecule has 1 heterocycles. The molecule has 3 rings (SSSR count). The Labute approximate surface area is 181 Å². The predicted octanol–water partition coefficient (Wildman–Crippen LogP) is 4.22. The molecule has 0 radical (unpaired) electrons. The number of para-hydroxylation sites is 1. The molecular weight excluding hydrogens is 451 g/mol. The number of halogens is 1. The largest absolute Gasteiger partial charge is 0.380 e. The van der Waals surface area contributed by atoms with Gasteiger partial charge in [0.15, 0.2) is 5.96 Å². The van der Waals surface area contributed by atoms with Crippen LogP contribution in [-0.4, -0.2) is 43.6 Å². The molecule has 6 heteroatoms. The predicted molar refractivity (Wildman–Crippen MR) is 124 cm³/mol. The van der Waals surface area contributed by atoms with E-state index < -0.39 is 0 Å². The maximum atomic E-state index is 6.16. The van der Waals surface area contributed by atoms with Crippen molar-refractivity contribution >= 4 is 35.6 Å². The van der Waals surface area contributed by atoms with Gasteiger partial charge < -0.3 is 15.8 Å². The number of aliphatic imine (C=N–C) groups is 1. The molecule has 1 aliphatic heterocycles. The summed E-state index contributed by atoms with van der Waals surface area (Å²) < 4.78 is 5.25. The number of benzene rings is 1. The van der Waals surface area contributed by atoms with Crippen LogP contribution in [-0.2, 0) is 11.3 Å². The molecule has 1 aliphatic carbocycles. The van der Waals surface area contributed by atoms with Crippen molar-refractivity contribution in [1.82, 2.24) is 4.90 Å². The fourth-order valence-electron chi connectivity index (χ4n) is 4.35. The van der Waals surface area contributed by atoms with Gasteiger partial charge in [-0.1, -0.05) is 37.5 Å². The van der Waals surface area contributed by atoms with Gasteiger partial charge in [0.1, 0.15) is 0 Å². The summed E-state index contributed by atoms with van der Waals surface area (Å²) >= 11 is 0. The van der Waals surface area contributed by atoms with Crippen molar-refractivity contribution in [3.05, 3.63) is 29.8 Å². The Morgan fingerprint density at radius 1 is 1.19 bits per heavy atom. The number of guanidine groups is 1. The number of nitrogens with zero attached hydrogens (tertiary/aromatic N) is 2. The third-order valence-corrected chi connectivity index (χ3v) is 5.77. The second-order valence-corrected chi connectivity index (χ2v) is 7.74. The van der Waals surface area contributed by atoms with E-state index in [1.165, 1.54) is 58.0 Å². The van der Waals surface area contributed by atoms with E-state index in [9.17, 15) is 0 Å². The SMILES string of the molecule is COCc1ccccc1NC(N)=NCC1CCCN1CC1CCCCC1.I. The average Bonchev–Trinajstić information content (AvgIpc) is 3.10. The number of nitrogens with one attached hydrogen (secondary N) is 1. The van der Waals surface area contributed by atoms with E-state index in [2.05, 4.69) is 15.2 Å². The Kier molecular flexibility index (Phi) is 9.86. The van der Waals surface area contributed by atoms with Crippen molar-refractivity contribution in [1.29, 1.82) is 0 Å². The summed E-state index contributed by atoms with van der Waals surface area (Å²) in [5.41, 5.74) is 8.22. The first-order valence-electron chi connectivity index (χ1n) is 10.1. The molecule has 1 saturated carbocycles. The molecule has 1 aromatic rings. The van der Waals surface area contributed by atoms with Crippen molar-refractivity contribution < 1.29 is 4.74 Å². The zero-order valence-electron chi connectivity index (χ0n) is 16.5. The van der Waals surface area contributed by atoms with Crippen LogP contribution in [0.4, 0.5) is 5.69 Å². The highest BCUT2D eigenvalue weighted by Gasteiger charge is 2.27. The number of methoxy groups -OCH3 is 1. The summed E-state index contributed by atoms with van der Waals surface area (Å²) in [7, 11) is 1.70. The van der Waals surface area contributed by atoms with Crippen LogP contribution >= 0.6 is 24.0 Å². The summed E-state index contributed by atoms with van der Waals surface area (Å²) in [6.45, 7) is 3.83.